The van der Waals surface area contributed by atoms with E-state index in [0.717, 1.165) is 51.9 Å². The fourth-order valence-corrected chi connectivity index (χ4v) is 5.95. The predicted molar refractivity (Wildman–Crippen MR) is 151 cm³/mol. The van der Waals surface area contributed by atoms with E-state index in [0.29, 0.717) is 13.0 Å². The molecule has 0 bridgehead atoms. The first-order valence-electron chi connectivity index (χ1n) is 14.1. The molecule has 2 aliphatic heterocycles. The van der Waals surface area contributed by atoms with Gasteiger partial charge in [-0.1, -0.05) is 61.5 Å². The lowest BCUT2D eigenvalue weighted by molar-refractivity contribution is -0.173. The van der Waals surface area contributed by atoms with Crippen molar-refractivity contribution in [1.29, 1.82) is 0 Å². The Morgan fingerprint density at radius 3 is 2.26 bits per heavy atom. The molecule has 206 valence electrons. The highest BCUT2D eigenvalue weighted by molar-refractivity contribution is 5.99. The molecule has 1 spiro atoms. The van der Waals surface area contributed by atoms with Crippen LogP contribution in [-0.2, 0) is 25.6 Å². The fourth-order valence-electron chi connectivity index (χ4n) is 5.95. The van der Waals surface area contributed by atoms with Crippen molar-refractivity contribution in [3.8, 4) is 11.1 Å². The number of hydrogen-bond donors (Lipinski definition) is 0. The van der Waals surface area contributed by atoms with Gasteiger partial charge in [0.15, 0.2) is 0 Å². The predicted octanol–water partition coefficient (Wildman–Crippen LogP) is 5.20. The third kappa shape index (κ3) is 7.31. The molecule has 2 aromatic rings. The van der Waals surface area contributed by atoms with Crippen molar-refractivity contribution in [3.63, 3.8) is 0 Å². The molecular formula is C32H44N2O4. The molecule has 2 saturated heterocycles. The van der Waals surface area contributed by atoms with Crippen LogP contribution in [0.15, 0.2) is 54.6 Å². The van der Waals surface area contributed by atoms with Crippen molar-refractivity contribution in [1.82, 2.24) is 9.80 Å². The molecule has 2 unspecified atom stereocenters. The number of hydrogen-bond acceptors (Lipinski definition) is 6. The number of carbonyl (C=O) groups is 2. The number of Topliss-reactive ketones (excluding diaryl/α,β-unsaturated/α-hetero) is 1. The number of rotatable bonds is 4. The Balaban J connectivity index is 1.41. The van der Waals surface area contributed by atoms with Crippen molar-refractivity contribution in [2.45, 2.75) is 64.2 Å². The quantitative estimate of drug-likeness (QED) is 0.408. The molecule has 3 atom stereocenters. The van der Waals surface area contributed by atoms with Crippen molar-refractivity contribution in [2.75, 3.05) is 40.3 Å². The molecule has 0 radical (unpaired) electrons. The lowest BCUT2D eigenvalue weighted by atomic mass is 9.88. The Labute approximate surface area is 228 Å². The van der Waals surface area contributed by atoms with Crippen LogP contribution in [-0.4, -0.2) is 73.6 Å². The minimum absolute atomic E-state index is 0.0327. The summed E-state index contributed by atoms with van der Waals surface area (Å²) in [5.41, 5.74) is 3.17. The number of carbonyl (C=O) groups excluding carboxylic acids is 2. The monoisotopic (exact) mass is 520 g/mol. The minimum Gasteiger partial charge on any atom is -0.457 e. The summed E-state index contributed by atoms with van der Waals surface area (Å²) in [5.74, 6) is -1.41. The zero-order valence-corrected chi connectivity index (χ0v) is 23.5. The van der Waals surface area contributed by atoms with E-state index < -0.39 is 11.5 Å². The summed E-state index contributed by atoms with van der Waals surface area (Å²) >= 11 is 0. The highest BCUT2D eigenvalue weighted by Crippen LogP contribution is 2.31. The van der Waals surface area contributed by atoms with Crippen LogP contribution in [0.25, 0.3) is 11.1 Å². The van der Waals surface area contributed by atoms with E-state index in [4.69, 9.17) is 9.47 Å². The molecule has 0 aromatic heterocycles. The minimum atomic E-state index is -0.758. The average molecular weight is 521 g/mol. The molecule has 0 N–H and O–H groups in total. The number of esters is 1. The number of piperidine rings is 1. The van der Waals surface area contributed by atoms with Crippen LogP contribution < -0.4 is 0 Å². The molecule has 2 heterocycles. The average Bonchev–Trinajstić information content (AvgIpc) is 2.93. The van der Waals surface area contributed by atoms with Crippen LogP contribution >= 0.6 is 0 Å². The molecule has 0 aliphatic carbocycles. The molecule has 6 nitrogen and oxygen atoms in total. The maximum Gasteiger partial charge on any atom is 0.316 e. The van der Waals surface area contributed by atoms with Crippen LogP contribution in [0.1, 0.15) is 51.5 Å². The lowest BCUT2D eigenvalue weighted by Gasteiger charge is -2.43. The van der Waals surface area contributed by atoms with Gasteiger partial charge < -0.3 is 14.4 Å². The maximum atomic E-state index is 13.2. The highest BCUT2D eigenvalue weighted by atomic mass is 16.6. The highest BCUT2D eigenvalue weighted by Gasteiger charge is 2.41. The molecule has 0 saturated carbocycles. The van der Waals surface area contributed by atoms with E-state index in [1.165, 1.54) is 16.7 Å². The summed E-state index contributed by atoms with van der Waals surface area (Å²) in [6.45, 7) is 7.79. The Morgan fingerprint density at radius 1 is 0.947 bits per heavy atom. The third-order valence-corrected chi connectivity index (χ3v) is 8.39. The SMILES string of the molecule is COC1CCCN(C)CC2(CCN(Cc3ccc(-c4ccccc4)cc3)CC2)OC(=O)C(C)C(=O)[C@H](C)C1. The first-order valence-corrected chi connectivity index (χ1v) is 14.1. The number of nitrogens with zero attached hydrogens (tertiary/aromatic N) is 2. The van der Waals surface area contributed by atoms with Gasteiger partial charge in [0.2, 0.25) is 0 Å². The van der Waals surface area contributed by atoms with Gasteiger partial charge in [0.25, 0.3) is 0 Å². The largest absolute Gasteiger partial charge is 0.457 e. The standard InChI is InChI=1S/C32H44N2O4/c1-24-21-29(37-4)11-8-18-33(3)23-32(38-31(36)25(2)30(24)35)16-19-34(20-17-32)22-26-12-14-28(15-13-26)27-9-6-5-7-10-27/h5-7,9-10,12-15,24-25,29H,8,11,16-23H2,1-4H3/t24-,25?,29?/m1/s1. The van der Waals surface area contributed by atoms with Gasteiger partial charge in [-0.05, 0) is 56.5 Å². The van der Waals surface area contributed by atoms with Gasteiger partial charge in [0, 0.05) is 52.0 Å². The summed E-state index contributed by atoms with van der Waals surface area (Å²) in [6, 6.07) is 19.2. The lowest BCUT2D eigenvalue weighted by Crippen LogP contribution is -2.53. The summed E-state index contributed by atoms with van der Waals surface area (Å²) in [6.07, 6.45) is 4.10. The van der Waals surface area contributed by atoms with Crippen LogP contribution in [0.2, 0.25) is 0 Å². The van der Waals surface area contributed by atoms with Crippen molar-refractivity contribution < 1.29 is 19.1 Å². The number of methoxy groups -OCH3 is 1. The first-order chi connectivity index (χ1) is 18.3. The van der Waals surface area contributed by atoms with Crippen LogP contribution in [0, 0.1) is 11.8 Å². The molecule has 2 fully saturated rings. The second kappa shape index (κ2) is 13.0. The Hall–Kier alpha value is -2.54. The molecule has 0 amide bonds. The van der Waals surface area contributed by atoms with E-state index in [1.807, 2.05) is 13.0 Å². The summed E-state index contributed by atoms with van der Waals surface area (Å²) < 4.78 is 11.9. The van der Waals surface area contributed by atoms with Crippen molar-refractivity contribution in [3.05, 3.63) is 60.2 Å². The van der Waals surface area contributed by atoms with Gasteiger partial charge >= 0.3 is 5.97 Å². The van der Waals surface area contributed by atoms with E-state index in [9.17, 15) is 9.59 Å². The second-order valence-corrected chi connectivity index (χ2v) is 11.4. The fraction of sp³-hybridized carbons (Fsp3) is 0.562. The van der Waals surface area contributed by atoms with E-state index in [2.05, 4.69) is 65.4 Å². The normalized spacial score (nSPS) is 26.3. The Morgan fingerprint density at radius 2 is 1.61 bits per heavy atom. The summed E-state index contributed by atoms with van der Waals surface area (Å²) in [5, 5.41) is 0. The van der Waals surface area contributed by atoms with Crippen LogP contribution in [0.3, 0.4) is 0 Å². The van der Waals surface area contributed by atoms with Crippen LogP contribution in [0.5, 0.6) is 0 Å². The number of likely N-dealkylation sites (N-methyl/N-ethyl adjacent to an activating group) is 1. The van der Waals surface area contributed by atoms with Gasteiger partial charge in [-0.2, -0.15) is 0 Å². The topological polar surface area (TPSA) is 59.1 Å². The number of benzene rings is 2. The number of ketones is 1. The molecule has 38 heavy (non-hydrogen) atoms. The number of likely N-dealkylation sites (tertiary alicyclic amines) is 1. The van der Waals surface area contributed by atoms with Gasteiger partial charge in [-0.15, -0.1) is 0 Å². The van der Waals surface area contributed by atoms with E-state index in [1.54, 1.807) is 14.0 Å². The number of ether oxygens (including phenoxy) is 2. The molecule has 4 rings (SSSR count). The van der Waals surface area contributed by atoms with Gasteiger partial charge in [0.1, 0.15) is 17.3 Å². The van der Waals surface area contributed by atoms with Gasteiger partial charge in [-0.25, -0.2) is 0 Å². The first kappa shape index (κ1) is 28.5. The van der Waals surface area contributed by atoms with Crippen LogP contribution in [0.4, 0.5) is 0 Å². The molecular weight excluding hydrogens is 476 g/mol. The molecule has 6 heteroatoms. The molecule has 2 aliphatic rings. The Bertz CT molecular complexity index is 1050. The smallest absolute Gasteiger partial charge is 0.316 e. The molecule has 2 aromatic carbocycles. The maximum absolute atomic E-state index is 13.2. The Kier molecular flexibility index (Phi) is 9.74. The second-order valence-electron chi connectivity index (χ2n) is 11.4. The zero-order chi connectivity index (χ0) is 27.1. The van der Waals surface area contributed by atoms with E-state index >= 15 is 0 Å². The van der Waals surface area contributed by atoms with Crippen molar-refractivity contribution in [2.24, 2.45) is 11.8 Å². The van der Waals surface area contributed by atoms with E-state index in [-0.39, 0.29) is 23.8 Å². The summed E-state index contributed by atoms with van der Waals surface area (Å²) in [7, 11) is 3.82. The van der Waals surface area contributed by atoms with Gasteiger partial charge in [0.05, 0.1) is 6.10 Å². The third-order valence-electron chi connectivity index (χ3n) is 8.39. The van der Waals surface area contributed by atoms with Crippen molar-refractivity contribution >= 4 is 11.8 Å². The zero-order valence-electron chi connectivity index (χ0n) is 23.5. The summed E-state index contributed by atoms with van der Waals surface area (Å²) in [4.78, 5) is 31.0. The van der Waals surface area contributed by atoms with Gasteiger partial charge in [-0.3, -0.25) is 14.5 Å².